The zero-order valence-corrected chi connectivity index (χ0v) is 14.2. The molecule has 1 aromatic rings. The van der Waals surface area contributed by atoms with Gasteiger partial charge in [-0.05, 0) is 31.4 Å². The van der Waals surface area contributed by atoms with Crippen molar-refractivity contribution in [2.75, 3.05) is 31.6 Å². The van der Waals surface area contributed by atoms with E-state index in [1.165, 1.54) is 0 Å². The average Bonchev–Trinajstić information content (AvgIpc) is 3.42. The van der Waals surface area contributed by atoms with Crippen molar-refractivity contribution < 1.29 is 19.4 Å². The highest BCUT2D eigenvalue weighted by Crippen LogP contribution is 2.30. The first-order valence-electron chi connectivity index (χ1n) is 8.56. The zero-order chi connectivity index (χ0) is 17.4. The SMILES string of the molecule is CCCCN(CCO)C(=O)COc1cccc(NC(=O)C2CC2)c1. The van der Waals surface area contributed by atoms with E-state index in [0.717, 1.165) is 25.7 Å². The van der Waals surface area contributed by atoms with Crippen LogP contribution in [0.5, 0.6) is 5.75 Å². The average molecular weight is 334 g/mol. The Bertz CT molecular complexity index is 558. The number of carbonyl (C=O) groups excluding carboxylic acids is 2. The number of nitrogens with one attached hydrogen (secondary N) is 1. The third-order valence-electron chi connectivity index (χ3n) is 3.92. The number of amides is 2. The van der Waals surface area contributed by atoms with Crippen molar-refractivity contribution in [3.05, 3.63) is 24.3 Å². The van der Waals surface area contributed by atoms with E-state index < -0.39 is 0 Å². The summed E-state index contributed by atoms with van der Waals surface area (Å²) in [4.78, 5) is 25.6. The van der Waals surface area contributed by atoms with Crippen LogP contribution in [0.15, 0.2) is 24.3 Å². The van der Waals surface area contributed by atoms with Crippen molar-refractivity contribution >= 4 is 17.5 Å². The van der Waals surface area contributed by atoms with Gasteiger partial charge in [0.05, 0.1) is 6.61 Å². The van der Waals surface area contributed by atoms with Crippen molar-refractivity contribution in [1.29, 1.82) is 0 Å². The van der Waals surface area contributed by atoms with Gasteiger partial charge in [-0.2, -0.15) is 0 Å². The summed E-state index contributed by atoms with van der Waals surface area (Å²) in [6, 6.07) is 7.05. The second-order valence-electron chi connectivity index (χ2n) is 6.04. The lowest BCUT2D eigenvalue weighted by molar-refractivity contribution is -0.134. The van der Waals surface area contributed by atoms with E-state index in [4.69, 9.17) is 9.84 Å². The van der Waals surface area contributed by atoms with Gasteiger partial charge in [0.25, 0.3) is 5.91 Å². The van der Waals surface area contributed by atoms with Crippen LogP contribution in [0.4, 0.5) is 5.69 Å². The third kappa shape index (κ3) is 5.85. The minimum atomic E-state index is -0.148. The first-order chi connectivity index (χ1) is 11.6. The lowest BCUT2D eigenvalue weighted by atomic mass is 10.3. The molecule has 6 heteroatoms. The molecular weight excluding hydrogens is 308 g/mol. The minimum absolute atomic E-state index is 0.0388. The van der Waals surface area contributed by atoms with Crippen LogP contribution in [0.2, 0.25) is 0 Å². The summed E-state index contributed by atoms with van der Waals surface area (Å²) in [6.07, 6.45) is 3.79. The fraction of sp³-hybridized carbons (Fsp3) is 0.556. The lowest BCUT2D eigenvalue weighted by Gasteiger charge is -2.21. The number of hydrogen-bond donors (Lipinski definition) is 2. The van der Waals surface area contributed by atoms with Crippen molar-refractivity contribution in [2.24, 2.45) is 5.92 Å². The number of nitrogens with zero attached hydrogens (tertiary/aromatic N) is 1. The van der Waals surface area contributed by atoms with Gasteiger partial charge >= 0.3 is 0 Å². The van der Waals surface area contributed by atoms with E-state index in [1.54, 1.807) is 29.2 Å². The fourth-order valence-corrected chi connectivity index (χ4v) is 2.32. The molecule has 0 spiro atoms. The highest BCUT2D eigenvalue weighted by Gasteiger charge is 2.29. The number of rotatable bonds is 10. The Morgan fingerprint density at radius 2 is 2.12 bits per heavy atom. The van der Waals surface area contributed by atoms with Crippen molar-refractivity contribution in [2.45, 2.75) is 32.6 Å². The molecule has 1 fully saturated rings. The Morgan fingerprint density at radius 1 is 1.33 bits per heavy atom. The third-order valence-corrected chi connectivity index (χ3v) is 3.92. The van der Waals surface area contributed by atoms with Crippen molar-refractivity contribution in [3.63, 3.8) is 0 Å². The highest BCUT2D eigenvalue weighted by molar-refractivity contribution is 5.94. The summed E-state index contributed by atoms with van der Waals surface area (Å²) in [5, 5.41) is 11.9. The molecule has 0 bridgehead atoms. The normalized spacial score (nSPS) is 13.4. The number of aliphatic hydroxyl groups excluding tert-OH is 1. The number of ether oxygens (including phenoxy) is 1. The predicted octanol–water partition coefficient (Wildman–Crippen LogP) is 2.03. The summed E-state index contributed by atoms with van der Waals surface area (Å²) in [6.45, 7) is 2.86. The van der Waals surface area contributed by atoms with E-state index in [2.05, 4.69) is 12.2 Å². The standard InChI is InChI=1S/C18H26N2O4/c1-2-3-9-20(10-11-21)17(22)13-24-16-6-4-5-15(12-16)19-18(23)14-7-8-14/h4-6,12,14,21H,2-3,7-11,13H2,1H3,(H,19,23). The molecule has 0 radical (unpaired) electrons. The van der Waals surface area contributed by atoms with Gasteiger partial charge in [0.2, 0.25) is 5.91 Å². The number of hydrogen-bond acceptors (Lipinski definition) is 4. The Morgan fingerprint density at radius 3 is 2.79 bits per heavy atom. The second-order valence-corrected chi connectivity index (χ2v) is 6.04. The molecule has 0 aliphatic heterocycles. The van der Waals surface area contributed by atoms with E-state index in [1.807, 2.05) is 0 Å². The van der Waals surface area contributed by atoms with Crippen LogP contribution in [0.25, 0.3) is 0 Å². The van der Waals surface area contributed by atoms with E-state index >= 15 is 0 Å². The number of benzene rings is 1. The Kier molecular flexibility index (Phi) is 7.06. The van der Waals surface area contributed by atoms with Crippen molar-refractivity contribution in [3.8, 4) is 5.75 Å². The molecule has 2 amide bonds. The quantitative estimate of drug-likeness (QED) is 0.686. The number of carbonyl (C=O) groups is 2. The molecular formula is C18H26N2O4. The van der Waals surface area contributed by atoms with Gasteiger partial charge in [-0.25, -0.2) is 0 Å². The van der Waals surface area contributed by atoms with Crippen LogP contribution >= 0.6 is 0 Å². The largest absolute Gasteiger partial charge is 0.484 e. The second kappa shape index (κ2) is 9.27. The molecule has 1 aliphatic carbocycles. The van der Waals surface area contributed by atoms with Crippen LogP contribution in [-0.2, 0) is 9.59 Å². The highest BCUT2D eigenvalue weighted by atomic mass is 16.5. The maximum Gasteiger partial charge on any atom is 0.260 e. The summed E-state index contributed by atoms with van der Waals surface area (Å²) < 4.78 is 5.55. The van der Waals surface area contributed by atoms with Crippen LogP contribution in [0.3, 0.4) is 0 Å². The van der Waals surface area contributed by atoms with Gasteiger partial charge in [-0.15, -0.1) is 0 Å². The number of unbranched alkanes of at least 4 members (excludes halogenated alkanes) is 1. The van der Waals surface area contributed by atoms with E-state index in [-0.39, 0.29) is 30.9 Å². The monoisotopic (exact) mass is 334 g/mol. The van der Waals surface area contributed by atoms with Crippen LogP contribution < -0.4 is 10.1 Å². The van der Waals surface area contributed by atoms with Gasteiger partial charge in [0, 0.05) is 30.8 Å². The van der Waals surface area contributed by atoms with Crippen LogP contribution in [-0.4, -0.2) is 48.1 Å². The molecule has 2 N–H and O–H groups in total. The Hall–Kier alpha value is -2.08. The summed E-state index contributed by atoms with van der Waals surface area (Å²) in [5.41, 5.74) is 0.676. The fourth-order valence-electron chi connectivity index (χ4n) is 2.32. The maximum absolute atomic E-state index is 12.2. The first kappa shape index (κ1) is 18.3. The van der Waals surface area contributed by atoms with E-state index in [9.17, 15) is 9.59 Å². The molecule has 0 aromatic heterocycles. The predicted molar refractivity (Wildman–Crippen MR) is 91.9 cm³/mol. The zero-order valence-electron chi connectivity index (χ0n) is 14.2. The molecule has 24 heavy (non-hydrogen) atoms. The Labute approximate surface area is 142 Å². The van der Waals surface area contributed by atoms with Gasteiger partial charge in [0.1, 0.15) is 5.75 Å². The van der Waals surface area contributed by atoms with Gasteiger partial charge < -0.3 is 20.1 Å². The first-order valence-corrected chi connectivity index (χ1v) is 8.56. The maximum atomic E-state index is 12.2. The molecule has 1 aliphatic rings. The molecule has 1 saturated carbocycles. The van der Waals surface area contributed by atoms with Gasteiger partial charge in [-0.3, -0.25) is 9.59 Å². The number of aliphatic hydroxyl groups is 1. The molecule has 0 unspecified atom stereocenters. The van der Waals surface area contributed by atoms with Crippen LogP contribution in [0, 0.1) is 5.92 Å². The van der Waals surface area contributed by atoms with Gasteiger partial charge in [-0.1, -0.05) is 19.4 Å². The smallest absolute Gasteiger partial charge is 0.260 e. The summed E-state index contributed by atoms with van der Waals surface area (Å²) in [5.74, 6) is 0.569. The minimum Gasteiger partial charge on any atom is -0.484 e. The molecule has 1 aromatic carbocycles. The summed E-state index contributed by atoms with van der Waals surface area (Å²) in [7, 11) is 0. The molecule has 6 nitrogen and oxygen atoms in total. The molecule has 0 saturated heterocycles. The molecule has 132 valence electrons. The molecule has 2 rings (SSSR count). The molecule has 0 heterocycles. The van der Waals surface area contributed by atoms with E-state index in [0.29, 0.717) is 24.5 Å². The van der Waals surface area contributed by atoms with Gasteiger partial charge in [0.15, 0.2) is 6.61 Å². The lowest BCUT2D eigenvalue weighted by Crippen LogP contribution is -2.37. The van der Waals surface area contributed by atoms with Crippen molar-refractivity contribution in [1.82, 2.24) is 4.90 Å². The number of anilines is 1. The van der Waals surface area contributed by atoms with Crippen LogP contribution in [0.1, 0.15) is 32.6 Å². The Balaban J connectivity index is 1.85. The summed E-state index contributed by atoms with van der Waals surface area (Å²) >= 11 is 0. The molecule has 0 atom stereocenters. The topological polar surface area (TPSA) is 78.9 Å².